The van der Waals surface area contributed by atoms with Crippen LogP contribution in [0.3, 0.4) is 0 Å². The molecule has 0 aliphatic heterocycles. The number of carbonyl (C=O) groups excluding carboxylic acids is 1. The predicted octanol–water partition coefficient (Wildman–Crippen LogP) is 4.54. The fourth-order valence-electron chi connectivity index (χ4n) is 2.51. The summed E-state index contributed by atoms with van der Waals surface area (Å²) in [6.07, 6.45) is 0. The average Bonchev–Trinajstić information content (AvgIpc) is 2.58. The van der Waals surface area contributed by atoms with Gasteiger partial charge in [-0.05, 0) is 49.7 Å². The minimum atomic E-state index is -0.0935. The van der Waals surface area contributed by atoms with Gasteiger partial charge in [-0.1, -0.05) is 18.2 Å². The lowest BCUT2D eigenvalue weighted by atomic mass is 10.2. The normalized spacial score (nSPS) is 10.3. The first kappa shape index (κ1) is 17.4. The maximum Gasteiger partial charge on any atom is 0.229 e. The number of aryl methyl sites for hydroxylation is 2. The number of anilines is 5. The lowest BCUT2D eigenvalue weighted by Crippen LogP contribution is -2.05. The third-order valence-electron chi connectivity index (χ3n) is 3.72. The van der Waals surface area contributed by atoms with E-state index in [1.807, 2.05) is 68.4 Å². The largest absolute Gasteiger partial charge is 0.340 e. The first-order valence-corrected chi connectivity index (χ1v) is 8.32. The monoisotopic (exact) mass is 347 g/mol. The SMILES string of the molecule is CC(=O)Nc1ccc(Nc2cc(C)nc(Nc3ccccc3C)n2)cc1. The number of hydrogen-bond acceptors (Lipinski definition) is 5. The lowest BCUT2D eigenvalue weighted by Gasteiger charge is -2.12. The molecule has 3 aromatic rings. The number of benzene rings is 2. The van der Waals surface area contributed by atoms with E-state index in [4.69, 9.17) is 0 Å². The highest BCUT2D eigenvalue weighted by atomic mass is 16.1. The van der Waals surface area contributed by atoms with Crippen LogP contribution in [0.5, 0.6) is 0 Å². The highest BCUT2D eigenvalue weighted by Gasteiger charge is 2.05. The summed E-state index contributed by atoms with van der Waals surface area (Å²) < 4.78 is 0. The minimum Gasteiger partial charge on any atom is -0.340 e. The molecule has 0 atom stereocenters. The molecule has 0 fully saturated rings. The predicted molar refractivity (Wildman–Crippen MR) is 105 cm³/mol. The smallest absolute Gasteiger partial charge is 0.229 e. The first-order valence-electron chi connectivity index (χ1n) is 8.32. The number of rotatable bonds is 5. The molecule has 3 N–H and O–H groups in total. The van der Waals surface area contributed by atoms with Gasteiger partial charge in [-0.3, -0.25) is 4.79 Å². The van der Waals surface area contributed by atoms with Crippen molar-refractivity contribution in [3.05, 3.63) is 65.9 Å². The van der Waals surface area contributed by atoms with E-state index in [2.05, 4.69) is 25.9 Å². The van der Waals surface area contributed by atoms with Crippen molar-refractivity contribution in [1.82, 2.24) is 9.97 Å². The minimum absolute atomic E-state index is 0.0935. The van der Waals surface area contributed by atoms with Crippen LogP contribution < -0.4 is 16.0 Å². The Kier molecular flexibility index (Phi) is 5.12. The maximum absolute atomic E-state index is 11.1. The molecule has 0 aliphatic rings. The van der Waals surface area contributed by atoms with Gasteiger partial charge in [0.15, 0.2) is 0 Å². The fraction of sp³-hybridized carbons (Fsp3) is 0.150. The highest BCUT2D eigenvalue weighted by molar-refractivity contribution is 5.88. The highest BCUT2D eigenvalue weighted by Crippen LogP contribution is 2.22. The van der Waals surface area contributed by atoms with Crippen molar-refractivity contribution in [1.29, 1.82) is 0 Å². The summed E-state index contributed by atoms with van der Waals surface area (Å²) in [5, 5.41) is 9.27. The summed E-state index contributed by atoms with van der Waals surface area (Å²) in [7, 11) is 0. The number of aromatic nitrogens is 2. The quantitative estimate of drug-likeness (QED) is 0.631. The zero-order chi connectivity index (χ0) is 18.5. The Balaban J connectivity index is 1.77. The van der Waals surface area contributed by atoms with Crippen molar-refractivity contribution in [2.24, 2.45) is 0 Å². The van der Waals surface area contributed by atoms with Gasteiger partial charge in [-0.15, -0.1) is 0 Å². The van der Waals surface area contributed by atoms with Crippen LogP contribution in [0.2, 0.25) is 0 Å². The van der Waals surface area contributed by atoms with Crippen molar-refractivity contribution in [3.8, 4) is 0 Å². The number of hydrogen-bond donors (Lipinski definition) is 3. The number of carbonyl (C=O) groups is 1. The molecule has 0 saturated carbocycles. The molecule has 1 aromatic heterocycles. The molecule has 1 amide bonds. The van der Waals surface area contributed by atoms with E-state index in [1.165, 1.54) is 6.92 Å². The van der Waals surface area contributed by atoms with Crippen molar-refractivity contribution in [2.75, 3.05) is 16.0 Å². The first-order chi connectivity index (χ1) is 12.5. The van der Waals surface area contributed by atoms with E-state index in [9.17, 15) is 4.79 Å². The summed E-state index contributed by atoms with van der Waals surface area (Å²) in [6, 6.07) is 17.3. The molecular formula is C20H21N5O. The summed E-state index contributed by atoms with van der Waals surface area (Å²) in [5.74, 6) is 1.14. The third-order valence-corrected chi connectivity index (χ3v) is 3.72. The molecule has 26 heavy (non-hydrogen) atoms. The van der Waals surface area contributed by atoms with Crippen LogP contribution in [0, 0.1) is 13.8 Å². The van der Waals surface area contributed by atoms with Crippen molar-refractivity contribution < 1.29 is 4.79 Å². The second-order valence-corrected chi connectivity index (χ2v) is 6.04. The Hall–Kier alpha value is -3.41. The van der Waals surface area contributed by atoms with Crippen LogP contribution in [0.1, 0.15) is 18.2 Å². The van der Waals surface area contributed by atoms with Gasteiger partial charge in [0.05, 0.1) is 0 Å². The second kappa shape index (κ2) is 7.65. The fourth-order valence-corrected chi connectivity index (χ4v) is 2.51. The zero-order valence-corrected chi connectivity index (χ0v) is 15.0. The van der Waals surface area contributed by atoms with Crippen LogP contribution in [-0.4, -0.2) is 15.9 Å². The number of nitrogens with zero attached hydrogens (tertiary/aromatic N) is 2. The lowest BCUT2D eigenvalue weighted by molar-refractivity contribution is -0.114. The van der Waals surface area contributed by atoms with E-state index >= 15 is 0 Å². The summed E-state index contributed by atoms with van der Waals surface area (Å²) in [5.41, 5.74) is 4.58. The summed E-state index contributed by atoms with van der Waals surface area (Å²) in [4.78, 5) is 20.1. The summed E-state index contributed by atoms with van der Waals surface area (Å²) >= 11 is 0. The van der Waals surface area contributed by atoms with Crippen LogP contribution >= 0.6 is 0 Å². The van der Waals surface area contributed by atoms with Gasteiger partial charge in [0.2, 0.25) is 11.9 Å². The molecule has 0 radical (unpaired) electrons. The van der Waals surface area contributed by atoms with Crippen molar-refractivity contribution >= 4 is 34.7 Å². The number of nitrogens with one attached hydrogen (secondary N) is 3. The Labute approximate surface area is 152 Å². The molecule has 132 valence electrons. The van der Waals surface area contributed by atoms with Gasteiger partial charge in [0.1, 0.15) is 5.82 Å². The van der Waals surface area contributed by atoms with E-state index < -0.39 is 0 Å². The van der Waals surface area contributed by atoms with E-state index in [0.717, 1.165) is 28.3 Å². The topological polar surface area (TPSA) is 78.9 Å². The summed E-state index contributed by atoms with van der Waals surface area (Å²) in [6.45, 7) is 5.45. The van der Waals surface area contributed by atoms with Crippen LogP contribution in [0.4, 0.5) is 28.8 Å². The molecule has 6 nitrogen and oxygen atoms in total. The Bertz CT molecular complexity index is 922. The maximum atomic E-state index is 11.1. The van der Waals surface area contributed by atoms with Crippen LogP contribution in [-0.2, 0) is 4.79 Å². The molecule has 3 rings (SSSR count). The van der Waals surface area contributed by atoms with Gasteiger partial charge in [-0.2, -0.15) is 4.98 Å². The zero-order valence-electron chi connectivity index (χ0n) is 15.0. The van der Waals surface area contributed by atoms with E-state index in [-0.39, 0.29) is 5.91 Å². The molecule has 0 aliphatic carbocycles. The molecule has 0 unspecified atom stereocenters. The molecule has 1 heterocycles. The molecule has 6 heteroatoms. The van der Waals surface area contributed by atoms with E-state index in [0.29, 0.717) is 11.8 Å². The molecule has 0 saturated heterocycles. The van der Waals surface area contributed by atoms with Gasteiger partial charge in [0, 0.05) is 35.7 Å². The van der Waals surface area contributed by atoms with Crippen LogP contribution in [0.25, 0.3) is 0 Å². The third kappa shape index (κ3) is 4.57. The Morgan fingerprint density at radius 3 is 2.27 bits per heavy atom. The van der Waals surface area contributed by atoms with E-state index in [1.54, 1.807) is 0 Å². The Morgan fingerprint density at radius 2 is 1.58 bits per heavy atom. The average molecular weight is 347 g/mol. The molecule has 0 bridgehead atoms. The molecule has 0 spiro atoms. The van der Waals surface area contributed by atoms with Gasteiger partial charge < -0.3 is 16.0 Å². The Morgan fingerprint density at radius 1 is 0.885 bits per heavy atom. The number of amides is 1. The molecular weight excluding hydrogens is 326 g/mol. The van der Waals surface area contributed by atoms with Crippen LogP contribution in [0.15, 0.2) is 54.6 Å². The van der Waals surface area contributed by atoms with Gasteiger partial charge >= 0.3 is 0 Å². The van der Waals surface area contributed by atoms with Crippen molar-refractivity contribution in [3.63, 3.8) is 0 Å². The van der Waals surface area contributed by atoms with Gasteiger partial charge in [-0.25, -0.2) is 4.98 Å². The standard InChI is InChI=1S/C20H21N5O/c1-13-6-4-5-7-18(13)24-20-21-14(2)12-19(25-20)23-17-10-8-16(9-11-17)22-15(3)26/h4-12H,1-3H3,(H,22,26)(H2,21,23,24,25). The second-order valence-electron chi connectivity index (χ2n) is 6.04. The van der Waals surface area contributed by atoms with Crippen molar-refractivity contribution in [2.45, 2.75) is 20.8 Å². The number of para-hydroxylation sites is 1. The molecule has 2 aromatic carbocycles. The van der Waals surface area contributed by atoms with Gasteiger partial charge in [0.25, 0.3) is 0 Å².